The quantitative estimate of drug-likeness (QED) is 0.407. The van der Waals surface area contributed by atoms with Crippen LogP contribution in [-0.4, -0.2) is 25.7 Å². The fourth-order valence-corrected chi connectivity index (χ4v) is 3.05. The number of benzene rings is 3. The number of amides is 1. The average Bonchev–Trinajstić information content (AvgIpc) is 2.82. The number of hydrogen-bond donors (Lipinski definition) is 1. The normalized spacial score (nSPS) is 11.4. The summed E-state index contributed by atoms with van der Waals surface area (Å²) >= 11 is 0. The van der Waals surface area contributed by atoms with Crippen molar-refractivity contribution in [1.29, 1.82) is 0 Å². The Labute approximate surface area is 184 Å². The molecule has 0 spiro atoms. The third-order valence-electron chi connectivity index (χ3n) is 4.92. The molecule has 0 aromatic heterocycles. The zero-order valence-electron chi connectivity index (χ0n) is 18.0. The zero-order valence-corrected chi connectivity index (χ0v) is 18.0. The van der Waals surface area contributed by atoms with E-state index in [1.807, 2.05) is 66.7 Å². The Kier molecular flexibility index (Phi) is 8.35. The van der Waals surface area contributed by atoms with Gasteiger partial charge in [0.05, 0.1) is 0 Å². The van der Waals surface area contributed by atoms with Crippen LogP contribution < -0.4 is 19.5 Å². The Morgan fingerprint density at radius 2 is 1.42 bits per heavy atom. The number of anilines is 1. The van der Waals surface area contributed by atoms with Crippen LogP contribution in [0.5, 0.6) is 17.2 Å². The van der Waals surface area contributed by atoms with Crippen LogP contribution in [-0.2, 0) is 4.79 Å². The van der Waals surface area contributed by atoms with Gasteiger partial charge in [0.1, 0.15) is 30.5 Å². The first-order valence-electron chi connectivity index (χ1n) is 10.6. The van der Waals surface area contributed by atoms with Gasteiger partial charge in [-0.1, -0.05) is 50.2 Å². The molecule has 5 nitrogen and oxygen atoms in total. The van der Waals surface area contributed by atoms with Gasteiger partial charge in [-0.05, 0) is 60.4 Å². The number of para-hydroxylation sites is 2. The minimum absolute atomic E-state index is 0.0392. The summed E-state index contributed by atoms with van der Waals surface area (Å²) in [5.74, 6) is 2.47. The van der Waals surface area contributed by atoms with Crippen LogP contribution in [0.4, 0.5) is 5.69 Å². The van der Waals surface area contributed by atoms with Crippen molar-refractivity contribution in [2.45, 2.75) is 26.2 Å². The van der Waals surface area contributed by atoms with Gasteiger partial charge in [0.25, 0.3) is 5.91 Å². The lowest BCUT2D eigenvalue weighted by Gasteiger charge is -2.15. The van der Waals surface area contributed by atoms with Crippen molar-refractivity contribution in [3.8, 4) is 17.2 Å². The third kappa shape index (κ3) is 7.07. The second-order valence-electron chi connectivity index (χ2n) is 7.22. The summed E-state index contributed by atoms with van der Waals surface area (Å²) in [7, 11) is 0. The average molecular weight is 420 g/mol. The maximum Gasteiger partial charge on any atom is 0.262 e. The van der Waals surface area contributed by atoms with Gasteiger partial charge >= 0.3 is 0 Å². The van der Waals surface area contributed by atoms with Crippen LogP contribution in [0.3, 0.4) is 0 Å². The van der Waals surface area contributed by atoms with Gasteiger partial charge in [0.15, 0.2) is 6.61 Å². The number of nitrogens with one attached hydrogen (secondary N) is 1. The van der Waals surface area contributed by atoms with Gasteiger partial charge in [-0.25, -0.2) is 0 Å². The number of carbonyl (C=O) groups is 1. The van der Waals surface area contributed by atoms with E-state index in [0.29, 0.717) is 30.6 Å². The predicted octanol–water partition coefficient (Wildman–Crippen LogP) is 5.68. The highest BCUT2D eigenvalue weighted by Crippen LogP contribution is 2.28. The molecule has 0 heterocycles. The van der Waals surface area contributed by atoms with Crippen LogP contribution in [0.1, 0.15) is 31.7 Å². The number of rotatable bonds is 11. The highest BCUT2D eigenvalue weighted by atomic mass is 16.5. The Bertz CT molecular complexity index is 941. The molecule has 1 amide bonds. The van der Waals surface area contributed by atoms with E-state index in [9.17, 15) is 4.79 Å². The molecule has 1 N–H and O–H groups in total. The molecule has 162 valence electrons. The van der Waals surface area contributed by atoms with E-state index in [1.54, 1.807) is 12.1 Å². The predicted molar refractivity (Wildman–Crippen MR) is 123 cm³/mol. The monoisotopic (exact) mass is 419 g/mol. The Hall–Kier alpha value is -3.47. The molecule has 3 rings (SSSR count). The van der Waals surface area contributed by atoms with Crippen molar-refractivity contribution >= 4 is 11.6 Å². The molecule has 0 fully saturated rings. The van der Waals surface area contributed by atoms with Crippen molar-refractivity contribution in [1.82, 2.24) is 0 Å². The van der Waals surface area contributed by atoms with Crippen molar-refractivity contribution in [2.24, 2.45) is 0 Å². The fraction of sp³-hybridized carbons (Fsp3) is 0.269. The second kappa shape index (κ2) is 11.6. The molecular formula is C26H29NO4. The van der Waals surface area contributed by atoms with E-state index in [1.165, 1.54) is 0 Å². The molecule has 0 aliphatic heterocycles. The molecule has 3 aromatic rings. The van der Waals surface area contributed by atoms with E-state index in [-0.39, 0.29) is 12.5 Å². The Balaban J connectivity index is 1.42. The molecule has 1 unspecified atom stereocenters. The molecule has 0 aliphatic carbocycles. The highest BCUT2D eigenvalue weighted by molar-refractivity contribution is 5.91. The lowest BCUT2D eigenvalue weighted by molar-refractivity contribution is -0.118. The molecule has 0 saturated heterocycles. The van der Waals surface area contributed by atoms with Gasteiger partial charge in [-0.15, -0.1) is 0 Å². The molecule has 0 saturated carbocycles. The van der Waals surface area contributed by atoms with Gasteiger partial charge in [0.2, 0.25) is 0 Å². The minimum atomic E-state index is -0.205. The smallest absolute Gasteiger partial charge is 0.262 e. The summed E-state index contributed by atoms with van der Waals surface area (Å²) in [5, 5.41) is 2.85. The topological polar surface area (TPSA) is 56.8 Å². The van der Waals surface area contributed by atoms with E-state index in [2.05, 4.69) is 19.2 Å². The van der Waals surface area contributed by atoms with Crippen molar-refractivity contribution < 1.29 is 19.0 Å². The molecule has 31 heavy (non-hydrogen) atoms. The molecule has 3 aromatic carbocycles. The van der Waals surface area contributed by atoms with Crippen LogP contribution in [0.15, 0.2) is 78.9 Å². The first kappa shape index (κ1) is 22.2. The standard InChI is InChI=1S/C26H29NO4/c1-3-20(2)24-11-7-8-12-25(24)31-19-26(28)27-21-13-15-23(16-14-21)30-18-17-29-22-9-5-4-6-10-22/h4-16,20H,3,17-19H2,1-2H3,(H,27,28). The SMILES string of the molecule is CCC(C)c1ccccc1OCC(=O)Nc1ccc(OCCOc2ccccc2)cc1. The van der Waals surface area contributed by atoms with Gasteiger partial charge < -0.3 is 19.5 Å². The van der Waals surface area contributed by atoms with E-state index in [4.69, 9.17) is 14.2 Å². The number of hydrogen-bond acceptors (Lipinski definition) is 4. The summed E-state index contributed by atoms with van der Waals surface area (Å²) in [6.07, 6.45) is 1.01. The summed E-state index contributed by atoms with van der Waals surface area (Å²) in [4.78, 5) is 12.3. The van der Waals surface area contributed by atoms with Crippen molar-refractivity contribution in [3.05, 3.63) is 84.4 Å². The lowest BCUT2D eigenvalue weighted by atomic mass is 9.98. The van der Waals surface area contributed by atoms with E-state index in [0.717, 1.165) is 23.5 Å². The van der Waals surface area contributed by atoms with Crippen LogP contribution >= 0.6 is 0 Å². The summed E-state index contributed by atoms with van der Waals surface area (Å²) in [6.45, 7) is 5.14. The third-order valence-corrected chi connectivity index (χ3v) is 4.92. The lowest BCUT2D eigenvalue weighted by Crippen LogP contribution is -2.20. The highest BCUT2D eigenvalue weighted by Gasteiger charge is 2.11. The maximum atomic E-state index is 12.3. The van der Waals surface area contributed by atoms with Crippen LogP contribution in [0.25, 0.3) is 0 Å². The zero-order chi connectivity index (χ0) is 21.9. The van der Waals surface area contributed by atoms with Gasteiger partial charge in [-0.2, -0.15) is 0 Å². The van der Waals surface area contributed by atoms with Crippen molar-refractivity contribution in [3.63, 3.8) is 0 Å². The molecule has 0 aliphatic rings. The Morgan fingerprint density at radius 1 is 0.806 bits per heavy atom. The maximum absolute atomic E-state index is 12.3. The molecule has 5 heteroatoms. The largest absolute Gasteiger partial charge is 0.490 e. The first-order valence-corrected chi connectivity index (χ1v) is 10.6. The minimum Gasteiger partial charge on any atom is -0.490 e. The van der Waals surface area contributed by atoms with Gasteiger partial charge in [0, 0.05) is 5.69 Å². The van der Waals surface area contributed by atoms with Crippen LogP contribution in [0.2, 0.25) is 0 Å². The van der Waals surface area contributed by atoms with Crippen molar-refractivity contribution in [2.75, 3.05) is 25.1 Å². The second-order valence-corrected chi connectivity index (χ2v) is 7.22. The van der Waals surface area contributed by atoms with Crippen LogP contribution in [0, 0.1) is 0 Å². The summed E-state index contributed by atoms with van der Waals surface area (Å²) < 4.78 is 17.0. The van der Waals surface area contributed by atoms with E-state index >= 15 is 0 Å². The number of carbonyl (C=O) groups excluding carboxylic acids is 1. The van der Waals surface area contributed by atoms with Gasteiger partial charge in [-0.3, -0.25) is 4.79 Å². The first-order chi connectivity index (χ1) is 15.2. The fourth-order valence-electron chi connectivity index (χ4n) is 3.05. The summed E-state index contributed by atoms with van der Waals surface area (Å²) in [6, 6.07) is 24.7. The summed E-state index contributed by atoms with van der Waals surface area (Å²) in [5.41, 5.74) is 1.81. The number of ether oxygens (including phenoxy) is 3. The molecule has 1 atom stereocenters. The molecule has 0 radical (unpaired) electrons. The van der Waals surface area contributed by atoms with E-state index < -0.39 is 0 Å². The molecular weight excluding hydrogens is 390 g/mol. The molecule has 0 bridgehead atoms. The Morgan fingerprint density at radius 3 is 2.10 bits per heavy atom.